The molecule has 0 spiro atoms. The number of hydrogen-bond donors (Lipinski definition) is 1. The first-order valence-corrected chi connectivity index (χ1v) is 9.17. The maximum atomic E-state index is 14.4. The van der Waals surface area contributed by atoms with E-state index < -0.39 is 0 Å². The number of nitrogens with one attached hydrogen (secondary N) is 1. The zero-order valence-electron chi connectivity index (χ0n) is 14.2. The van der Waals surface area contributed by atoms with E-state index in [9.17, 15) is 9.18 Å². The number of carbonyl (C=O) groups excluding carboxylic acids is 1. The van der Waals surface area contributed by atoms with Crippen LogP contribution in [0.4, 0.5) is 4.39 Å². The van der Waals surface area contributed by atoms with Crippen LogP contribution in [0.2, 0.25) is 0 Å². The quantitative estimate of drug-likeness (QED) is 0.859. The summed E-state index contributed by atoms with van der Waals surface area (Å²) in [6.45, 7) is 8.49. The Bertz CT molecular complexity index is 735. The monoisotopic (exact) mass is 352 g/mol. The Morgan fingerprint density at radius 3 is 2.75 bits per heavy atom. The van der Waals surface area contributed by atoms with Crippen LogP contribution in [-0.4, -0.2) is 37.9 Å². The molecule has 1 fully saturated rings. The van der Waals surface area contributed by atoms with Crippen LogP contribution < -0.4 is 4.90 Å². The van der Waals surface area contributed by atoms with Crippen LogP contribution in [-0.2, 0) is 16.0 Å². The number of halogens is 1. The van der Waals surface area contributed by atoms with E-state index >= 15 is 0 Å². The molecule has 3 rings (SSSR count). The van der Waals surface area contributed by atoms with Gasteiger partial charge in [0.05, 0.1) is 6.61 Å². The molecule has 1 N–H and O–H groups in total. The van der Waals surface area contributed by atoms with Crippen molar-refractivity contribution in [2.75, 3.05) is 19.7 Å². The molecule has 1 aromatic heterocycles. The average Bonchev–Trinajstić information content (AvgIpc) is 2.86. The molecule has 24 heavy (non-hydrogen) atoms. The van der Waals surface area contributed by atoms with Gasteiger partial charge in [-0.2, -0.15) is 0 Å². The van der Waals surface area contributed by atoms with E-state index in [1.807, 2.05) is 19.9 Å². The number of rotatable bonds is 4. The number of carbonyl (C=O) groups is 1. The summed E-state index contributed by atoms with van der Waals surface area (Å²) >= 11 is 1.32. The second-order valence-electron chi connectivity index (χ2n) is 6.34. The summed E-state index contributed by atoms with van der Waals surface area (Å²) < 4.78 is 26.2. The molecule has 6 heteroatoms. The van der Waals surface area contributed by atoms with Gasteiger partial charge >= 0.3 is 5.97 Å². The molecule has 0 radical (unpaired) electrons. The maximum absolute atomic E-state index is 14.4. The molecular formula is C18H23FNO3S+. The van der Waals surface area contributed by atoms with E-state index in [0.29, 0.717) is 23.4 Å². The van der Waals surface area contributed by atoms with Crippen molar-refractivity contribution in [3.05, 3.63) is 34.5 Å². The van der Waals surface area contributed by atoms with Crippen LogP contribution in [0.15, 0.2) is 18.2 Å². The number of fused-ring (bicyclic) bond motifs is 1. The van der Waals surface area contributed by atoms with Crippen LogP contribution in [0.25, 0.3) is 10.1 Å². The lowest BCUT2D eigenvalue weighted by molar-refractivity contribution is -0.928. The highest BCUT2D eigenvalue weighted by Gasteiger charge is 2.30. The van der Waals surface area contributed by atoms with Gasteiger partial charge in [0.25, 0.3) is 0 Å². The molecule has 0 aliphatic carbocycles. The lowest BCUT2D eigenvalue weighted by atomic mass is 10.1. The van der Waals surface area contributed by atoms with Gasteiger partial charge in [-0.3, -0.25) is 0 Å². The predicted octanol–water partition coefficient (Wildman–Crippen LogP) is 2.41. The lowest BCUT2D eigenvalue weighted by Gasteiger charge is -2.32. The van der Waals surface area contributed by atoms with E-state index in [1.165, 1.54) is 22.3 Å². The number of esters is 1. The smallest absolute Gasteiger partial charge is 0.348 e. The van der Waals surface area contributed by atoms with Gasteiger partial charge in [0.2, 0.25) is 0 Å². The fourth-order valence-corrected chi connectivity index (χ4v) is 4.61. The third-order valence-corrected chi connectivity index (χ3v) is 5.45. The molecule has 1 saturated heterocycles. The summed E-state index contributed by atoms with van der Waals surface area (Å²) in [6.07, 6.45) is 0.314. The van der Waals surface area contributed by atoms with Crippen LogP contribution in [0.5, 0.6) is 0 Å². The Labute approximate surface area is 145 Å². The van der Waals surface area contributed by atoms with Gasteiger partial charge in [0.1, 0.15) is 42.5 Å². The lowest BCUT2D eigenvalue weighted by Crippen LogP contribution is -3.14. The number of benzene rings is 1. The highest BCUT2D eigenvalue weighted by atomic mass is 32.1. The molecule has 1 aliphatic rings. The molecule has 0 amide bonds. The largest absolute Gasteiger partial charge is 0.462 e. The van der Waals surface area contributed by atoms with Crippen molar-refractivity contribution in [3.63, 3.8) is 0 Å². The summed E-state index contributed by atoms with van der Waals surface area (Å²) in [6, 6.07) is 4.99. The molecule has 1 aliphatic heterocycles. The summed E-state index contributed by atoms with van der Waals surface area (Å²) in [7, 11) is 0. The van der Waals surface area contributed by atoms with Gasteiger partial charge in [-0.1, -0.05) is 6.07 Å². The number of hydrogen-bond acceptors (Lipinski definition) is 4. The predicted molar refractivity (Wildman–Crippen MR) is 92.1 cm³/mol. The minimum absolute atomic E-state index is 0.157. The van der Waals surface area contributed by atoms with Gasteiger partial charge in [-0.05, 0) is 32.9 Å². The van der Waals surface area contributed by atoms with Crippen LogP contribution >= 0.6 is 11.3 Å². The standard InChI is InChI=1S/C18H22FNO3S/c1-4-22-18(21)17-13(10-20-8-11(2)23-12(3)9-20)16-14(19)6-5-7-15(16)24-17/h5-7,11-12H,4,8-10H2,1-3H3/p+1/t11-,12-/m0/s1. The molecular weight excluding hydrogens is 329 g/mol. The second-order valence-corrected chi connectivity index (χ2v) is 7.39. The molecule has 0 unspecified atom stereocenters. The van der Waals surface area contributed by atoms with E-state index in [0.717, 1.165) is 23.4 Å². The Hall–Kier alpha value is -1.50. The summed E-state index contributed by atoms with van der Waals surface area (Å²) in [5.41, 5.74) is 0.767. The molecule has 0 bridgehead atoms. The second kappa shape index (κ2) is 7.17. The molecule has 0 saturated carbocycles. The van der Waals surface area contributed by atoms with Gasteiger partial charge in [-0.25, -0.2) is 9.18 Å². The highest BCUT2D eigenvalue weighted by molar-refractivity contribution is 7.21. The van der Waals surface area contributed by atoms with Crippen LogP contribution in [0.3, 0.4) is 0 Å². The zero-order chi connectivity index (χ0) is 17.3. The average molecular weight is 352 g/mol. The van der Waals surface area contributed by atoms with Crippen LogP contribution in [0.1, 0.15) is 36.0 Å². The third kappa shape index (κ3) is 3.45. The topological polar surface area (TPSA) is 40.0 Å². The fraction of sp³-hybridized carbons (Fsp3) is 0.500. The van der Waals surface area contributed by atoms with Crippen molar-refractivity contribution < 1.29 is 23.6 Å². The summed E-state index contributed by atoms with van der Waals surface area (Å²) in [4.78, 5) is 14.2. The van der Waals surface area contributed by atoms with Gasteiger partial charge < -0.3 is 14.4 Å². The van der Waals surface area contributed by atoms with E-state index in [-0.39, 0.29) is 24.0 Å². The summed E-state index contributed by atoms with van der Waals surface area (Å²) in [5.74, 6) is -0.634. The molecule has 130 valence electrons. The van der Waals surface area contributed by atoms with Gasteiger partial charge in [-0.15, -0.1) is 11.3 Å². The van der Waals surface area contributed by atoms with Gasteiger partial charge in [0.15, 0.2) is 0 Å². The van der Waals surface area contributed by atoms with Crippen molar-refractivity contribution in [1.82, 2.24) is 0 Å². The first-order chi connectivity index (χ1) is 11.5. The Balaban J connectivity index is 2.00. The molecule has 2 heterocycles. The number of morpholine rings is 1. The SMILES string of the molecule is CCOC(=O)c1sc2cccc(F)c2c1C[NH+]1C[C@H](C)O[C@@H](C)C1. The normalized spacial score (nSPS) is 24.2. The third-order valence-electron chi connectivity index (χ3n) is 4.27. The maximum Gasteiger partial charge on any atom is 0.348 e. The molecule has 1 aromatic carbocycles. The van der Waals surface area contributed by atoms with Gasteiger partial charge in [0, 0.05) is 15.6 Å². The summed E-state index contributed by atoms with van der Waals surface area (Å²) in [5, 5.41) is 0.560. The zero-order valence-corrected chi connectivity index (χ0v) is 15.0. The van der Waals surface area contributed by atoms with Crippen molar-refractivity contribution in [1.29, 1.82) is 0 Å². The first kappa shape index (κ1) is 17.3. The Kier molecular flexibility index (Phi) is 5.18. The van der Waals surface area contributed by atoms with E-state index in [1.54, 1.807) is 13.0 Å². The van der Waals surface area contributed by atoms with Crippen molar-refractivity contribution in [2.45, 2.75) is 39.5 Å². The van der Waals surface area contributed by atoms with E-state index in [4.69, 9.17) is 9.47 Å². The van der Waals surface area contributed by atoms with Crippen molar-refractivity contribution in [2.24, 2.45) is 0 Å². The fourth-order valence-electron chi connectivity index (χ4n) is 3.48. The van der Waals surface area contributed by atoms with E-state index in [2.05, 4.69) is 0 Å². The number of thiophene rings is 1. The minimum Gasteiger partial charge on any atom is -0.462 e. The van der Waals surface area contributed by atoms with Crippen molar-refractivity contribution in [3.8, 4) is 0 Å². The van der Waals surface area contributed by atoms with Crippen LogP contribution in [0, 0.1) is 5.82 Å². The first-order valence-electron chi connectivity index (χ1n) is 8.35. The molecule has 2 atom stereocenters. The number of quaternary nitrogens is 1. The molecule has 4 nitrogen and oxygen atoms in total. The Morgan fingerprint density at radius 1 is 1.38 bits per heavy atom. The minimum atomic E-state index is -0.359. The highest BCUT2D eigenvalue weighted by Crippen LogP contribution is 2.33. The van der Waals surface area contributed by atoms with Crippen molar-refractivity contribution >= 4 is 27.4 Å². The molecule has 2 aromatic rings. The Morgan fingerprint density at radius 2 is 2.08 bits per heavy atom. The number of ether oxygens (including phenoxy) is 2.